The van der Waals surface area contributed by atoms with Crippen molar-refractivity contribution in [3.8, 4) is 17.3 Å². The smallest absolute Gasteiger partial charge is 0.364 e. The van der Waals surface area contributed by atoms with Gasteiger partial charge in [0.2, 0.25) is 0 Å². The van der Waals surface area contributed by atoms with Crippen LogP contribution >= 0.6 is 0 Å². The number of alkyl halides is 3. The Hall–Kier alpha value is -4.07. The fourth-order valence-electron chi connectivity index (χ4n) is 5.07. The van der Waals surface area contributed by atoms with E-state index in [1.165, 1.54) is 4.57 Å². The number of H-pyrrole nitrogens is 1. The number of benzene rings is 1. The first-order valence-corrected chi connectivity index (χ1v) is 12.4. The van der Waals surface area contributed by atoms with Gasteiger partial charge in [0, 0.05) is 32.2 Å². The SMILES string of the molecule is Cn1c(=O)n(CC(C)(C)C)c2ccc(-c3cc(CN4CCCc5[nH]nc(C(F)(F)F)c54)ccc3C#N)nc21. The van der Waals surface area contributed by atoms with Crippen LogP contribution in [0.5, 0.6) is 0 Å². The number of nitriles is 1. The minimum Gasteiger partial charge on any atom is -0.364 e. The van der Waals surface area contributed by atoms with E-state index >= 15 is 0 Å². The Balaban J connectivity index is 1.55. The van der Waals surface area contributed by atoms with Crippen LogP contribution in [0.25, 0.3) is 22.4 Å². The van der Waals surface area contributed by atoms with Crippen LogP contribution in [-0.4, -0.2) is 30.9 Å². The molecular weight excluding hydrogens is 495 g/mol. The largest absolute Gasteiger partial charge is 0.437 e. The van der Waals surface area contributed by atoms with Crippen LogP contribution in [0.2, 0.25) is 0 Å². The third kappa shape index (κ3) is 4.55. The highest BCUT2D eigenvalue weighted by atomic mass is 19.4. The van der Waals surface area contributed by atoms with Crippen LogP contribution in [0.3, 0.4) is 0 Å². The molecule has 38 heavy (non-hydrogen) atoms. The lowest BCUT2D eigenvalue weighted by Gasteiger charge is -2.30. The van der Waals surface area contributed by atoms with Gasteiger partial charge in [-0.3, -0.25) is 14.2 Å². The number of fused-ring (bicyclic) bond motifs is 2. The molecular formula is C27H28F3N7O. The molecule has 0 saturated carbocycles. The van der Waals surface area contributed by atoms with Gasteiger partial charge in [-0.2, -0.15) is 23.5 Å². The molecule has 1 aromatic carbocycles. The van der Waals surface area contributed by atoms with Crippen LogP contribution < -0.4 is 10.6 Å². The predicted molar refractivity (Wildman–Crippen MR) is 138 cm³/mol. The molecule has 0 spiro atoms. The van der Waals surface area contributed by atoms with Crippen molar-refractivity contribution in [1.29, 1.82) is 5.26 Å². The molecule has 1 N–H and O–H groups in total. The maximum absolute atomic E-state index is 13.6. The van der Waals surface area contributed by atoms with Crippen molar-refractivity contribution in [2.45, 2.75) is 52.9 Å². The summed E-state index contributed by atoms with van der Waals surface area (Å²) < 4.78 is 44.0. The first-order chi connectivity index (χ1) is 17.9. The third-order valence-corrected chi connectivity index (χ3v) is 6.72. The number of aromatic amines is 1. The van der Waals surface area contributed by atoms with Crippen molar-refractivity contribution in [1.82, 2.24) is 24.3 Å². The van der Waals surface area contributed by atoms with Gasteiger partial charge in [0.25, 0.3) is 0 Å². The number of aromatic nitrogens is 5. The minimum absolute atomic E-state index is 0.0874. The molecule has 198 valence electrons. The van der Waals surface area contributed by atoms with Crippen LogP contribution in [0.15, 0.2) is 35.1 Å². The Kier molecular flexibility index (Phi) is 6.09. The maximum Gasteiger partial charge on any atom is 0.437 e. The Morgan fingerprint density at radius 2 is 1.92 bits per heavy atom. The lowest BCUT2D eigenvalue weighted by atomic mass is 9.97. The second kappa shape index (κ2) is 9.04. The molecule has 11 heteroatoms. The van der Waals surface area contributed by atoms with Crippen molar-refractivity contribution >= 4 is 16.9 Å². The van der Waals surface area contributed by atoms with Gasteiger partial charge in [0.1, 0.15) is 0 Å². The van der Waals surface area contributed by atoms with Gasteiger partial charge < -0.3 is 4.90 Å². The van der Waals surface area contributed by atoms with Crippen LogP contribution in [0.4, 0.5) is 18.9 Å². The zero-order chi connectivity index (χ0) is 27.4. The number of rotatable bonds is 4. The van der Waals surface area contributed by atoms with Crippen molar-refractivity contribution < 1.29 is 13.2 Å². The average Bonchev–Trinajstić information content (AvgIpc) is 3.40. The number of hydrogen-bond acceptors (Lipinski definition) is 5. The molecule has 0 amide bonds. The van der Waals surface area contributed by atoms with E-state index < -0.39 is 11.9 Å². The fourth-order valence-corrected chi connectivity index (χ4v) is 5.07. The summed E-state index contributed by atoms with van der Waals surface area (Å²) in [4.78, 5) is 19.4. The maximum atomic E-state index is 13.6. The van der Waals surface area contributed by atoms with Crippen molar-refractivity contribution in [2.24, 2.45) is 12.5 Å². The summed E-state index contributed by atoms with van der Waals surface area (Å²) in [7, 11) is 1.67. The van der Waals surface area contributed by atoms with Crippen molar-refractivity contribution in [2.75, 3.05) is 11.4 Å². The topological polar surface area (TPSA) is 95.5 Å². The molecule has 0 atom stereocenters. The summed E-state index contributed by atoms with van der Waals surface area (Å²) in [5.74, 6) is 0. The molecule has 4 heterocycles. The summed E-state index contributed by atoms with van der Waals surface area (Å²) >= 11 is 0. The summed E-state index contributed by atoms with van der Waals surface area (Å²) in [6, 6.07) is 11.0. The van der Waals surface area contributed by atoms with Gasteiger partial charge in [0.15, 0.2) is 11.3 Å². The van der Waals surface area contributed by atoms with E-state index in [-0.39, 0.29) is 23.3 Å². The normalized spacial score (nSPS) is 14.1. The van der Waals surface area contributed by atoms with E-state index in [9.17, 15) is 23.2 Å². The summed E-state index contributed by atoms with van der Waals surface area (Å²) in [6.45, 7) is 7.36. The standard InChI is InChI=1S/C27H28F3N7O/c1-26(2,3)15-37-21-10-9-19(32-24(21)35(4)25(37)38)18-12-16(7-8-17(18)13-31)14-36-11-5-6-20-22(36)23(34-33-20)27(28,29)30/h7-10,12H,5-6,11,14-15H2,1-4H3,(H,33,34). The Morgan fingerprint density at radius 3 is 2.61 bits per heavy atom. The molecule has 4 aromatic rings. The number of pyridine rings is 1. The summed E-state index contributed by atoms with van der Waals surface area (Å²) in [5, 5.41) is 15.9. The first-order valence-electron chi connectivity index (χ1n) is 12.4. The van der Waals surface area contributed by atoms with Gasteiger partial charge >= 0.3 is 11.9 Å². The van der Waals surface area contributed by atoms with Gasteiger partial charge in [-0.1, -0.05) is 26.8 Å². The molecule has 0 unspecified atom stereocenters. The molecule has 0 bridgehead atoms. The van der Waals surface area contributed by atoms with Gasteiger partial charge in [-0.15, -0.1) is 0 Å². The number of nitrogens with one attached hydrogen (secondary N) is 1. The van der Waals surface area contributed by atoms with E-state index in [0.29, 0.717) is 59.6 Å². The van der Waals surface area contributed by atoms with Crippen LogP contribution in [0.1, 0.15) is 49.7 Å². The zero-order valence-corrected chi connectivity index (χ0v) is 21.6. The van der Waals surface area contributed by atoms with E-state index in [1.807, 2.05) is 6.07 Å². The molecule has 0 fully saturated rings. The van der Waals surface area contributed by atoms with E-state index in [2.05, 4.69) is 37.0 Å². The average molecular weight is 524 g/mol. The molecule has 0 radical (unpaired) electrons. The van der Waals surface area contributed by atoms with Gasteiger partial charge in [-0.25, -0.2) is 9.78 Å². The van der Waals surface area contributed by atoms with E-state index in [4.69, 9.17) is 4.98 Å². The summed E-state index contributed by atoms with van der Waals surface area (Å²) in [6.07, 6.45) is -3.35. The second-order valence-electron chi connectivity index (χ2n) is 10.9. The Morgan fingerprint density at radius 1 is 1.16 bits per heavy atom. The quantitative estimate of drug-likeness (QED) is 0.406. The molecule has 1 aliphatic heterocycles. The highest BCUT2D eigenvalue weighted by Crippen LogP contribution is 2.40. The zero-order valence-electron chi connectivity index (χ0n) is 21.6. The minimum atomic E-state index is -4.56. The molecule has 0 aliphatic carbocycles. The fraction of sp³-hybridized carbons (Fsp3) is 0.407. The highest BCUT2D eigenvalue weighted by molar-refractivity contribution is 5.78. The van der Waals surface area contributed by atoms with Gasteiger partial charge in [-0.05, 0) is 48.1 Å². The van der Waals surface area contributed by atoms with E-state index in [1.54, 1.807) is 40.8 Å². The van der Waals surface area contributed by atoms with Crippen LogP contribution in [0, 0.1) is 16.7 Å². The van der Waals surface area contributed by atoms with Crippen molar-refractivity contribution in [3.05, 3.63) is 63.3 Å². The first kappa shape index (κ1) is 25.6. The monoisotopic (exact) mass is 523 g/mol. The number of nitrogens with zero attached hydrogens (tertiary/aromatic N) is 6. The Labute approximate surface area is 217 Å². The van der Waals surface area contributed by atoms with Crippen LogP contribution in [-0.2, 0) is 32.7 Å². The second-order valence-corrected chi connectivity index (χ2v) is 10.9. The van der Waals surface area contributed by atoms with Gasteiger partial charge in [0.05, 0.1) is 34.2 Å². The van der Waals surface area contributed by atoms with E-state index in [0.717, 1.165) is 5.56 Å². The van der Waals surface area contributed by atoms with Crippen molar-refractivity contribution in [3.63, 3.8) is 0 Å². The molecule has 3 aromatic heterocycles. The molecule has 8 nitrogen and oxygen atoms in total. The highest BCUT2D eigenvalue weighted by Gasteiger charge is 2.40. The summed E-state index contributed by atoms with van der Waals surface area (Å²) in [5.41, 5.74) is 2.76. The number of anilines is 1. The Bertz CT molecular complexity index is 1630. The number of hydrogen-bond donors (Lipinski definition) is 1. The number of aryl methyl sites for hydroxylation is 2. The predicted octanol–water partition coefficient (Wildman–Crippen LogP) is 5.01. The molecule has 5 rings (SSSR count). The molecule has 1 aliphatic rings. The lowest BCUT2D eigenvalue weighted by Crippen LogP contribution is -2.30. The number of halogens is 3. The number of imidazole rings is 1. The molecule has 0 saturated heterocycles. The third-order valence-electron chi connectivity index (χ3n) is 6.72. The lowest BCUT2D eigenvalue weighted by molar-refractivity contribution is -0.140.